The maximum Gasteiger partial charge on any atom is 0.472 e. The van der Waals surface area contributed by atoms with Gasteiger partial charge in [-0.25, -0.2) is 9.13 Å². The molecule has 0 aliphatic rings. The van der Waals surface area contributed by atoms with Crippen LogP contribution in [0.15, 0.2) is 0 Å². The van der Waals surface area contributed by atoms with Gasteiger partial charge >= 0.3 is 39.5 Å². The van der Waals surface area contributed by atoms with Crippen molar-refractivity contribution >= 4 is 39.5 Å². The molecule has 3 N–H and O–H groups in total. The summed E-state index contributed by atoms with van der Waals surface area (Å²) in [5.41, 5.74) is 0. The highest BCUT2D eigenvalue weighted by molar-refractivity contribution is 7.47. The molecule has 0 rings (SSSR count). The molecule has 5 atom stereocenters. The van der Waals surface area contributed by atoms with E-state index in [0.717, 1.165) is 109 Å². The number of phosphoric acid groups is 2. The highest BCUT2D eigenvalue weighted by Gasteiger charge is 2.30. The van der Waals surface area contributed by atoms with E-state index in [4.69, 9.17) is 37.0 Å². The van der Waals surface area contributed by atoms with Crippen molar-refractivity contribution in [3.8, 4) is 0 Å². The molecule has 83 heavy (non-hydrogen) atoms. The van der Waals surface area contributed by atoms with Crippen molar-refractivity contribution in [2.75, 3.05) is 39.6 Å². The molecule has 0 fully saturated rings. The summed E-state index contributed by atoms with van der Waals surface area (Å²) in [6.45, 7) is 9.81. The van der Waals surface area contributed by atoms with Gasteiger partial charge in [0.25, 0.3) is 0 Å². The zero-order chi connectivity index (χ0) is 61.2. The molecule has 492 valence electrons. The van der Waals surface area contributed by atoms with Gasteiger partial charge in [0.15, 0.2) is 12.2 Å². The molecule has 0 amide bonds. The molecule has 0 heterocycles. The van der Waals surface area contributed by atoms with Crippen molar-refractivity contribution in [3.63, 3.8) is 0 Å². The number of hydrogen-bond acceptors (Lipinski definition) is 15. The summed E-state index contributed by atoms with van der Waals surface area (Å²) in [7, 11) is -9.89. The van der Waals surface area contributed by atoms with Crippen LogP contribution in [-0.2, 0) is 65.4 Å². The third-order valence-corrected chi connectivity index (χ3v) is 16.4. The Morgan fingerprint density at radius 1 is 0.325 bits per heavy atom. The lowest BCUT2D eigenvalue weighted by Gasteiger charge is -2.21. The van der Waals surface area contributed by atoms with Crippen LogP contribution in [0.25, 0.3) is 0 Å². The van der Waals surface area contributed by atoms with Crippen LogP contribution < -0.4 is 0 Å². The fraction of sp³-hybridized carbons (Fsp3) is 0.891. The first kappa shape index (κ1) is 81.1. The normalized spacial score (nSPS) is 14.2. The number of rotatable bonds is 65. The first-order valence-electron chi connectivity index (χ1n) is 33.2. The number of unbranched alkanes of at least 4 members (excludes halogenated alkanes) is 39. The van der Waals surface area contributed by atoms with Crippen LogP contribution >= 0.6 is 15.6 Å². The average Bonchev–Trinajstić information content (AvgIpc) is 3.48. The van der Waals surface area contributed by atoms with Gasteiger partial charge in [0, 0.05) is 25.7 Å². The summed E-state index contributed by atoms with van der Waals surface area (Å²) in [4.78, 5) is 71.8. The zero-order valence-corrected chi connectivity index (χ0v) is 54.1. The Bertz CT molecular complexity index is 1600. The lowest BCUT2D eigenvalue weighted by Crippen LogP contribution is -2.30. The van der Waals surface area contributed by atoms with Crippen LogP contribution in [0.3, 0.4) is 0 Å². The lowest BCUT2D eigenvalue weighted by molar-refractivity contribution is -0.161. The first-order valence-corrected chi connectivity index (χ1v) is 36.2. The van der Waals surface area contributed by atoms with Gasteiger partial charge in [-0.1, -0.05) is 238 Å². The van der Waals surface area contributed by atoms with E-state index < -0.39 is 97.5 Å². The SMILES string of the molecule is [CH2-]CCCCCCCCCCCCCCC(=O)O[C@H](COC(=O)CCCCCCCCCCCC[CH2-])COP(=O)(O)OC[C@H](O)COP(=O)(O)OC[C@@H](COC(=O)CCCCC[CH2-])OC(=O)CCCCCCCCCCCCCCCCC. The van der Waals surface area contributed by atoms with E-state index in [1.165, 1.54) is 141 Å². The predicted molar refractivity (Wildman–Crippen MR) is 330 cm³/mol. The second-order valence-electron chi connectivity index (χ2n) is 22.7. The predicted octanol–water partition coefficient (Wildman–Crippen LogP) is 17.4. The molecule has 0 saturated carbocycles. The number of carbonyl (C=O) groups is 4. The van der Waals surface area contributed by atoms with Gasteiger partial charge in [-0.3, -0.25) is 37.3 Å². The lowest BCUT2D eigenvalue weighted by atomic mass is 10.0. The number of aliphatic hydroxyl groups is 1. The molecule has 17 nitrogen and oxygen atoms in total. The van der Waals surface area contributed by atoms with Gasteiger partial charge in [0.05, 0.1) is 26.4 Å². The van der Waals surface area contributed by atoms with Gasteiger partial charge in [0.1, 0.15) is 19.3 Å². The Balaban J connectivity index is 5.11. The quantitative estimate of drug-likeness (QED) is 0.0169. The maximum atomic E-state index is 12.9. The van der Waals surface area contributed by atoms with E-state index in [9.17, 15) is 43.2 Å². The number of hydrogen-bond donors (Lipinski definition) is 3. The van der Waals surface area contributed by atoms with Crippen molar-refractivity contribution in [3.05, 3.63) is 20.8 Å². The molecule has 0 aliphatic heterocycles. The third kappa shape index (κ3) is 58.8. The Labute approximate surface area is 505 Å². The Morgan fingerprint density at radius 2 is 0.542 bits per heavy atom. The molecule has 0 aromatic rings. The highest BCUT2D eigenvalue weighted by atomic mass is 31.2. The molecule has 0 saturated heterocycles. The summed E-state index contributed by atoms with van der Waals surface area (Å²) in [5, 5.41) is 10.5. The minimum atomic E-state index is -4.95. The number of phosphoric ester groups is 2. The van der Waals surface area contributed by atoms with E-state index in [0.29, 0.717) is 25.7 Å². The smallest absolute Gasteiger partial charge is 0.462 e. The third-order valence-electron chi connectivity index (χ3n) is 14.5. The number of ether oxygens (including phenoxy) is 4. The molecule has 0 aromatic heterocycles. The van der Waals surface area contributed by atoms with E-state index in [2.05, 4.69) is 27.7 Å². The van der Waals surface area contributed by atoms with Crippen molar-refractivity contribution in [2.24, 2.45) is 0 Å². The summed E-state index contributed by atoms with van der Waals surface area (Å²) >= 11 is 0. The molecule has 2 unspecified atom stereocenters. The minimum Gasteiger partial charge on any atom is -0.462 e. The largest absolute Gasteiger partial charge is 0.472 e. The van der Waals surface area contributed by atoms with E-state index in [1.54, 1.807) is 0 Å². The van der Waals surface area contributed by atoms with E-state index >= 15 is 0 Å². The van der Waals surface area contributed by atoms with Crippen LogP contribution in [0.4, 0.5) is 0 Å². The second kappa shape index (κ2) is 59.0. The number of esters is 4. The number of carbonyl (C=O) groups excluding carboxylic acids is 4. The first-order chi connectivity index (χ1) is 40.2. The molecule has 0 radical (unpaired) electrons. The molecule has 19 heteroatoms. The van der Waals surface area contributed by atoms with Crippen molar-refractivity contribution in [1.82, 2.24) is 0 Å². The average molecular weight is 1220 g/mol. The Kier molecular flexibility index (Phi) is 57.7. The van der Waals surface area contributed by atoms with E-state index in [-0.39, 0.29) is 25.7 Å². The molecular formula is C64H121O17P2-3. The molecule has 0 aromatic carbocycles. The van der Waals surface area contributed by atoms with Crippen molar-refractivity contribution < 1.29 is 80.2 Å². The van der Waals surface area contributed by atoms with Gasteiger partial charge in [0.2, 0.25) is 0 Å². The molecule has 0 bridgehead atoms. The monoisotopic (exact) mass is 1220 g/mol. The van der Waals surface area contributed by atoms with Crippen molar-refractivity contribution in [1.29, 1.82) is 0 Å². The van der Waals surface area contributed by atoms with Crippen LogP contribution in [0.1, 0.15) is 309 Å². The van der Waals surface area contributed by atoms with Crippen LogP contribution in [0, 0.1) is 20.8 Å². The van der Waals surface area contributed by atoms with Crippen LogP contribution in [0.5, 0.6) is 0 Å². The fourth-order valence-corrected chi connectivity index (χ4v) is 11.0. The zero-order valence-electron chi connectivity index (χ0n) is 52.3. The van der Waals surface area contributed by atoms with Gasteiger partial charge in [-0.05, 0) is 25.7 Å². The minimum absolute atomic E-state index is 0.0993. The van der Waals surface area contributed by atoms with Crippen LogP contribution in [-0.4, -0.2) is 96.7 Å². The molecule has 0 spiro atoms. The Morgan fingerprint density at radius 3 is 0.807 bits per heavy atom. The molecule has 0 aliphatic carbocycles. The van der Waals surface area contributed by atoms with Gasteiger partial charge in [-0.2, -0.15) is 19.3 Å². The summed E-state index contributed by atoms with van der Waals surface area (Å²) < 4.78 is 67.7. The van der Waals surface area contributed by atoms with Gasteiger partial charge < -0.3 is 54.6 Å². The number of aliphatic hydroxyl groups excluding tert-OH is 1. The highest BCUT2D eigenvalue weighted by Crippen LogP contribution is 2.45. The van der Waals surface area contributed by atoms with E-state index in [1.807, 2.05) is 0 Å². The Hall–Kier alpha value is -1.94. The maximum absolute atomic E-state index is 12.9. The molecular weight excluding hydrogens is 1100 g/mol. The fourth-order valence-electron chi connectivity index (χ4n) is 9.41. The van der Waals surface area contributed by atoms with Gasteiger partial charge in [-0.15, -0.1) is 0 Å². The topological polar surface area (TPSA) is 237 Å². The summed E-state index contributed by atoms with van der Waals surface area (Å²) in [5.74, 6) is -2.19. The van der Waals surface area contributed by atoms with Crippen LogP contribution in [0.2, 0.25) is 0 Å². The second-order valence-corrected chi connectivity index (χ2v) is 25.6. The van der Waals surface area contributed by atoms with Crippen molar-refractivity contribution in [2.45, 2.75) is 327 Å². The summed E-state index contributed by atoms with van der Waals surface area (Å²) in [6.07, 6.45) is 43.0. The summed E-state index contributed by atoms with van der Waals surface area (Å²) in [6, 6.07) is 0. The standard InChI is InChI=1S/C64H121O17P2/c1-5-9-13-17-20-23-26-28-29-31-34-37-40-43-47-50-63(68)80-59(54-74-61(66)48-44-16-12-8-4)56-78-82(70,71)76-52-58(65)53-77-83(72,73)79-57-60(55-75-62(67)49-45-41-38-35-32-25-22-19-15-11-7-3)81-64(69)51-46-42-39-36-33-30-27-24-21-18-14-10-6-2/h58-60,65H,2-57H2,1H3,(H,70,71)(H,72,73)/q-3/t58-,59-,60-/m1/s1.